The number of hydrogen-bond donors (Lipinski definition) is 1. The molecule has 0 saturated heterocycles. The van der Waals surface area contributed by atoms with E-state index in [1.807, 2.05) is 11.8 Å². The van der Waals surface area contributed by atoms with Gasteiger partial charge in [0.25, 0.3) is 0 Å². The number of nitrogens with zero attached hydrogens (tertiary/aromatic N) is 1. The number of allylic oxidation sites excluding steroid dienone is 2. The van der Waals surface area contributed by atoms with Crippen LogP contribution in [0.25, 0.3) is 0 Å². The maximum Gasteiger partial charge on any atom is 0.341 e. The van der Waals surface area contributed by atoms with Crippen molar-refractivity contribution in [2.75, 3.05) is 0 Å². The Hall–Kier alpha value is -1.55. The molecule has 1 atom stereocenters. The minimum atomic E-state index is -1.15. The van der Waals surface area contributed by atoms with Gasteiger partial charge in [-0.1, -0.05) is 18.5 Å². The Kier molecular flexibility index (Phi) is 3.21. The summed E-state index contributed by atoms with van der Waals surface area (Å²) in [6.07, 6.45) is 6.75. The zero-order valence-electron chi connectivity index (χ0n) is 11.2. The highest BCUT2D eigenvalue weighted by atomic mass is 35.5. The van der Waals surface area contributed by atoms with Gasteiger partial charge in [0.15, 0.2) is 5.78 Å². The smallest absolute Gasteiger partial charge is 0.341 e. The number of halogens is 1. The van der Waals surface area contributed by atoms with Gasteiger partial charge in [-0.05, 0) is 30.9 Å². The fourth-order valence-electron chi connectivity index (χ4n) is 2.89. The SMILES string of the molecule is CCC1=C(Cl)CC2C(=C1)C(=O)C(C(=O)O)=CN2C1CC1. The van der Waals surface area contributed by atoms with E-state index in [0.29, 0.717) is 18.0 Å². The lowest BCUT2D eigenvalue weighted by Gasteiger charge is -2.38. The lowest BCUT2D eigenvalue weighted by atomic mass is 9.84. The quantitative estimate of drug-likeness (QED) is 0.813. The number of carboxylic acids is 1. The molecule has 0 spiro atoms. The molecule has 1 heterocycles. The molecule has 0 aromatic heterocycles. The Morgan fingerprint density at radius 1 is 1.50 bits per heavy atom. The molecule has 1 fully saturated rings. The number of rotatable bonds is 3. The fraction of sp³-hybridized carbons (Fsp3) is 0.467. The number of carbonyl (C=O) groups is 2. The van der Waals surface area contributed by atoms with Gasteiger partial charge >= 0.3 is 5.97 Å². The van der Waals surface area contributed by atoms with E-state index >= 15 is 0 Å². The normalized spacial score (nSPS) is 26.2. The van der Waals surface area contributed by atoms with E-state index in [1.54, 1.807) is 6.08 Å². The zero-order chi connectivity index (χ0) is 14.4. The molecule has 0 aromatic carbocycles. The first kappa shape index (κ1) is 13.4. The van der Waals surface area contributed by atoms with E-state index < -0.39 is 5.97 Å². The molecule has 5 heteroatoms. The Bertz CT molecular complexity index is 584. The Morgan fingerprint density at radius 2 is 2.20 bits per heavy atom. The van der Waals surface area contributed by atoms with Crippen LogP contribution in [0.2, 0.25) is 0 Å². The van der Waals surface area contributed by atoms with E-state index in [0.717, 1.165) is 29.9 Å². The second-order valence-electron chi connectivity index (χ2n) is 5.46. The summed E-state index contributed by atoms with van der Waals surface area (Å²) in [5, 5.41) is 10.00. The summed E-state index contributed by atoms with van der Waals surface area (Å²) >= 11 is 6.30. The molecular formula is C15H16ClNO3. The number of hydrogen-bond acceptors (Lipinski definition) is 3. The minimum absolute atomic E-state index is 0.0964. The van der Waals surface area contributed by atoms with Crippen molar-refractivity contribution in [1.29, 1.82) is 0 Å². The van der Waals surface area contributed by atoms with Crippen LogP contribution in [0.15, 0.2) is 34.0 Å². The molecule has 1 aliphatic heterocycles. The highest BCUT2D eigenvalue weighted by Crippen LogP contribution is 2.41. The predicted octanol–water partition coefficient (Wildman–Crippen LogP) is 2.60. The number of fused-ring (bicyclic) bond motifs is 1. The topological polar surface area (TPSA) is 57.6 Å². The maximum absolute atomic E-state index is 12.3. The second-order valence-corrected chi connectivity index (χ2v) is 5.91. The van der Waals surface area contributed by atoms with Crippen LogP contribution in [0.5, 0.6) is 0 Å². The number of ketones is 1. The van der Waals surface area contributed by atoms with E-state index in [9.17, 15) is 14.7 Å². The number of Topliss-reactive ketones (excluding diaryl/α,β-unsaturated/α-hetero) is 1. The second kappa shape index (κ2) is 4.77. The standard InChI is InChI=1S/C15H16ClNO3/c1-2-8-5-10-13(6-12(8)16)17(9-3-4-9)7-11(14(10)18)15(19)20/h5,7,9,13H,2-4,6H2,1H3,(H,19,20). The van der Waals surface area contributed by atoms with Gasteiger partial charge in [0.1, 0.15) is 5.57 Å². The van der Waals surface area contributed by atoms with Crippen molar-refractivity contribution in [1.82, 2.24) is 4.90 Å². The lowest BCUT2D eigenvalue weighted by Crippen LogP contribution is -2.43. The van der Waals surface area contributed by atoms with Crippen LogP contribution in [-0.4, -0.2) is 33.8 Å². The van der Waals surface area contributed by atoms with Gasteiger partial charge in [0.05, 0.1) is 6.04 Å². The van der Waals surface area contributed by atoms with Crippen LogP contribution in [-0.2, 0) is 9.59 Å². The highest BCUT2D eigenvalue weighted by Gasteiger charge is 2.42. The van der Waals surface area contributed by atoms with Gasteiger partial charge in [0.2, 0.25) is 0 Å². The lowest BCUT2D eigenvalue weighted by molar-refractivity contribution is -0.134. The summed E-state index contributed by atoms with van der Waals surface area (Å²) in [4.78, 5) is 25.6. The Morgan fingerprint density at radius 3 is 2.75 bits per heavy atom. The Balaban J connectivity index is 2.06. The average molecular weight is 294 g/mol. The summed E-state index contributed by atoms with van der Waals surface area (Å²) < 4.78 is 0. The Labute approximate surface area is 122 Å². The monoisotopic (exact) mass is 293 g/mol. The van der Waals surface area contributed by atoms with Crippen LogP contribution in [0.1, 0.15) is 32.6 Å². The molecule has 20 heavy (non-hydrogen) atoms. The first-order chi connectivity index (χ1) is 9.52. The first-order valence-electron chi connectivity index (χ1n) is 6.89. The summed E-state index contributed by atoms with van der Waals surface area (Å²) in [6.45, 7) is 1.98. The summed E-state index contributed by atoms with van der Waals surface area (Å²) in [7, 11) is 0. The van der Waals surface area contributed by atoms with Crippen LogP contribution in [0.4, 0.5) is 0 Å². The minimum Gasteiger partial charge on any atom is -0.477 e. The number of carbonyl (C=O) groups excluding carboxylic acids is 1. The van der Waals surface area contributed by atoms with Gasteiger partial charge in [-0.25, -0.2) is 4.79 Å². The summed E-state index contributed by atoms with van der Waals surface area (Å²) in [6, 6.07) is 0.249. The van der Waals surface area contributed by atoms with Crippen molar-refractivity contribution < 1.29 is 14.7 Å². The molecule has 0 aromatic rings. The largest absolute Gasteiger partial charge is 0.477 e. The first-order valence-corrected chi connectivity index (χ1v) is 7.27. The predicted molar refractivity (Wildman–Crippen MR) is 75.2 cm³/mol. The van der Waals surface area contributed by atoms with E-state index in [4.69, 9.17) is 11.6 Å². The maximum atomic E-state index is 12.3. The molecule has 4 nitrogen and oxygen atoms in total. The molecule has 3 aliphatic rings. The van der Waals surface area contributed by atoms with Gasteiger partial charge in [-0.2, -0.15) is 0 Å². The molecule has 106 valence electrons. The van der Waals surface area contributed by atoms with E-state index in [-0.39, 0.29) is 17.4 Å². The third-order valence-electron chi connectivity index (χ3n) is 4.13. The van der Waals surface area contributed by atoms with Crippen molar-refractivity contribution in [3.8, 4) is 0 Å². The van der Waals surface area contributed by atoms with Crippen LogP contribution in [0.3, 0.4) is 0 Å². The molecule has 1 saturated carbocycles. The van der Waals surface area contributed by atoms with E-state index in [1.165, 1.54) is 6.20 Å². The highest BCUT2D eigenvalue weighted by molar-refractivity contribution is 6.31. The summed E-state index contributed by atoms with van der Waals surface area (Å²) in [5.41, 5.74) is 1.39. The van der Waals surface area contributed by atoms with Gasteiger partial charge in [0, 0.05) is 29.3 Å². The van der Waals surface area contributed by atoms with Crippen molar-refractivity contribution in [2.45, 2.75) is 44.7 Å². The third-order valence-corrected chi connectivity index (χ3v) is 4.53. The van der Waals surface area contributed by atoms with Crippen LogP contribution >= 0.6 is 11.6 Å². The van der Waals surface area contributed by atoms with E-state index in [2.05, 4.69) is 0 Å². The fourth-order valence-corrected chi connectivity index (χ4v) is 3.22. The van der Waals surface area contributed by atoms with Crippen molar-refractivity contribution in [3.63, 3.8) is 0 Å². The van der Waals surface area contributed by atoms with Crippen molar-refractivity contribution in [2.24, 2.45) is 0 Å². The van der Waals surface area contributed by atoms with Gasteiger partial charge in [-0.15, -0.1) is 0 Å². The molecule has 0 amide bonds. The van der Waals surface area contributed by atoms with Crippen molar-refractivity contribution >= 4 is 23.4 Å². The van der Waals surface area contributed by atoms with Crippen molar-refractivity contribution in [3.05, 3.63) is 34.0 Å². The zero-order valence-corrected chi connectivity index (χ0v) is 12.0. The molecular weight excluding hydrogens is 278 g/mol. The molecule has 3 rings (SSSR count). The van der Waals surface area contributed by atoms with Crippen LogP contribution in [0, 0.1) is 0 Å². The molecule has 1 unspecified atom stereocenters. The molecule has 1 N–H and O–H groups in total. The molecule has 0 bridgehead atoms. The summed E-state index contributed by atoms with van der Waals surface area (Å²) in [5.74, 6) is -1.52. The third kappa shape index (κ3) is 2.08. The van der Waals surface area contributed by atoms with Gasteiger partial charge < -0.3 is 10.0 Å². The average Bonchev–Trinajstić information content (AvgIpc) is 3.22. The van der Waals surface area contributed by atoms with Gasteiger partial charge in [-0.3, -0.25) is 4.79 Å². The molecule has 0 radical (unpaired) electrons. The number of carboxylic acid groups (broad SMARTS) is 1. The van der Waals surface area contributed by atoms with Crippen LogP contribution < -0.4 is 0 Å². The number of aliphatic carboxylic acids is 1. The molecule has 2 aliphatic carbocycles.